The molecule has 5 rings (SSSR count). The largest absolute Gasteiger partial charge is 0.483 e. The van der Waals surface area contributed by atoms with E-state index in [1.807, 2.05) is 13.1 Å². The van der Waals surface area contributed by atoms with Crippen molar-refractivity contribution >= 4 is 33.8 Å². The average Bonchev–Trinajstić information content (AvgIpc) is 3.49. The van der Waals surface area contributed by atoms with E-state index in [4.69, 9.17) is 14.9 Å². The van der Waals surface area contributed by atoms with Crippen LogP contribution in [0.25, 0.3) is 32.9 Å². The SMILES string of the molecule is Cc1nc(-c2ccc3c(C)cc(-c4cnc(N5CCCC5)s4)nc3c2)n[nH]1.O=CO. The van der Waals surface area contributed by atoms with Crippen molar-refractivity contribution in [3.63, 3.8) is 0 Å². The van der Waals surface area contributed by atoms with Crippen LogP contribution < -0.4 is 4.90 Å². The van der Waals surface area contributed by atoms with Crippen LogP contribution in [0.15, 0.2) is 30.5 Å². The lowest BCUT2D eigenvalue weighted by atomic mass is 10.1. The minimum Gasteiger partial charge on any atom is -0.483 e. The fraction of sp³-hybridized carbons (Fsp3) is 0.286. The summed E-state index contributed by atoms with van der Waals surface area (Å²) < 4.78 is 0. The molecule has 2 N–H and O–H groups in total. The average molecular weight is 423 g/mol. The van der Waals surface area contributed by atoms with E-state index < -0.39 is 0 Å². The molecular weight excluding hydrogens is 400 g/mol. The van der Waals surface area contributed by atoms with Gasteiger partial charge in [-0.25, -0.2) is 15.0 Å². The lowest BCUT2D eigenvalue weighted by Crippen LogP contribution is -2.16. The lowest BCUT2D eigenvalue weighted by molar-refractivity contribution is -0.122. The van der Waals surface area contributed by atoms with Crippen molar-refractivity contribution in [3.8, 4) is 22.0 Å². The molecule has 1 saturated heterocycles. The fourth-order valence-electron chi connectivity index (χ4n) is 3.58. The number of aromatic nitrogens is 5. The fourth-order valence-corrected chi connectivity index (χ4v) is 4.51. The highest BCUT2D eigenvalue weighted by atomic mass is 32.1. The third-order valence-corrected chi connectivity index (χ3v) is 6.08. The molecule has 9 heteroatoms. The number of pyridine rings is 1. The Morgan fingerprint density at radius 2 is 1.93 bits per heavy atom. The number of thiazole rings is 1. The van der Waals surface area contributed by atoms with Crippen molar-refractivity contribution in [1.29, 1.82) is 0 Å². The molecule has 30 heavy (non-hydrogen) atoms. The van der Waals surface area contributed by atoms with Gasteiger partial charge in [-0.2, -0.15) is 5.10 Å². The van der Waals surface area contributed by atoms with Crippen molar-refractivity contribution in [2.75, 3.05) is 18.0 Å². The molecule has 1 fully saturated rings. The highest BCUT2D eigenvalue weighted by Crippen LogP contribution is 2.34. The van der Waals surface area contributed by atoms with Gasteiger partial charge in [-0.15, -0.1) is 0 Å². The van der Waals surface area contributed by atoms with E-state index in [-0.39, 0.29) is 6.47 Å². The van der Waals surface area contributed by atoms with Crippen molar-refractivity contribution in [3.05, 3.63) is 41.9 Å². The van der Waals surface area contributed by atoms with Crippen molar-refractivity contribution < 1.29 is 9.90 Å². The zero-order valence-corrected chi connectivity index (χ0v) is 17.6. The molecule has 0 spiro atoms. The first kappa shape index (κ1) is 20.0. The Morgan fingerprint density at radius 1 is 1.17 bits per heavy atom. The van der Waals surface area contributed by atoms with Crippen molar-refractivity contribution in [1.82, 2.24) is 25.1 Å². The number of nitrogens with zero attached hydrogens (tertiary/aromatic N) is 5. The molecule has 1 aliphatic rings. The smallest absolute Gasteiger partial charge is 0.290 e. The molecule has 0 atom stereocenters. The second kappa shape index (κ2) is 8.58. The molecular formula is C21H22N6O2S. The van der Waals surface area contributed by atoms with Gasteiger partial charge in [-0.1, -0.05) is 23.5 Å². The van der Waals surface area contributed by atoms with Crippen LogP contribution in [-0.2, 0) is 4.79 Å². The van der Waals surface area contributed by atoms with E-state index in [0.29, 0.717) is 5.82 Å². The first-order valence-electron chi connectivity index (χ1n) is 9.69. The number of carboxylic acid groups (broad SMARTS) is 1. The predicted octanol–water partition coefficient (Wildman–Crippen LogP) is 4.06. The third-order valence-electron chi connectivity index (χ3n) is 4.99. The highest BCUT2D eigenvalue weighted by Gasteiger charge is 2.17. The zero-order chi connectivity index (χ0) is 21.1. The molecule has 4 aromatic rings. The van der Waals surface area contributed by atoms with Crippen LogP contribution in [-0.4, -0.2) is 49.8 Å². The maximum atomic E-state index is 8.36. The van der Waals surface area contributed by atoms with Crippen LogP contribution in [0.1, 0.15) is 24.2 Å². The van der Waals surface area contributed by atoms with E-state index in [9.17, 15) is 0 Å². The maximum Gasteiger partial charge on any atom is 0.290 e. The highest BCUT2D eigenvalue weighted by molar-refractivity contribution is 7.18. The lowest BCUT2D eigenvalue weighted by Gasteiger charge is -2.12. The Labute approximate surface area is 177 Å². The van der Waals surface area contributed by atoms with Gasteiger partial charge in [0.2, 0.25) is 0 Å². The summed E-state index contributed by atoms with van der Waals surface area (Å²) in [6.45, 7) is 6.00. The van der Waals surface area contributed by atoms with Crippen LogP contribution in [0.5, 0.6) is 0 Å². The zero-order valence-electron chi connectivity index (χ0n) is 16.8. The first-order valence-corrected chi connectivity index (χ1v) is 10.5. The standard InChI is InChI=1S/C20H20N6S.CH2O2/c1-12-9-17(18-11-21-20(27-18)26-7-3-4-8-26)23-16-10-14(5-6-15(12)16)19-22-13(2)24-25-19;2-1-3/h5-6,9-11H,3-4,7-8H2,1-2H3,(H,22,24,25);1H,(H,2,3). The molecule has 1 aromatic carbocycles. The molecule has 0 saturated carbocycles. The number of hydrogen-bond acceptors (Lipinski definition) is 7. The molecule has 4 heterocycles. The number of hydrogen-bond donors (Lipinski definition) is 2. The number of aryl methyl sites for hydroxylation is 2. The van der Waals surface area contributed by atoms with Gasteiger partial charge in [-0.3, -0.25) is 9.89 Å². The number of carbonyl (C=O) groups is 1. The predicted molar refractivity (Wildman–Crippen MR) is 118 cm³/mol. The molecule has 8 nitrogen and oxygen atoms in total. The second-order valence-corrected chi connectivity index (χ2v) is 8.12. The number of benzene rings is 1. The van der Waals surface area contributed by atoms with E-state index in [1.165, 1.54) is 18.4 Å². The van der Waals surface area contributed by atoms with Gasteiger partial charge in [0, 0.05) is 30.2 Å². The quantitative estimate of drug-likeness (QED) is 0.479. The Hall–Kier alpha value is -3.33. The summed E-state index contributed by atoms with van der Waals surface area (Å²) in [5.74, 6) is 1.51. The van der Waals surface area contributed by atoms with E-state index in [2.05, 4.69) is 56.3 Å². The minimum atomic E-state index is -0.250. The molecule has 1 aliphatic heterocycles. The molecule has 0 amide bonds. The van der Waals surface area contributed by atoms with Gasteiger partial charge in [0.1, 0.15) is 5.82 Å². The number of aromatic amines is 1. The van der Waals surface area contributed by atoms with Crippen LogP contribution in [0.3, 0.4) is 0 Å². The molecule has 154 valence electrons. The Bertz CT molecular complexity index is 1180. The number of nitrogens with one attached hydrogen (secondary N) is 1. The third kappa shape index (κ3) is 4.02. The first-order chi connectivity index (χ1) is 14.6. The second-order valence-electron chi connectivity index (χ2n) is 7.11. The van der Waals surface area contributed by atoms with Gasteiger partial charge in [0.15, 0.2) is 11.0 Å². The number of fused-ring (bicyclic) bond motifs is 1. The van der Waals surface area contributed by atoms with Crippen molar-refractivity contribution in [2.24, 2.45) is 0 Å². The van der Waals surface area contributed by atoms with Crippen LogP contribution in [0.4, 0.5) is 5.13 Å². The Morgan fingerprint density at radius 3 is 2.63 bits per heavy atom. The molecule has 0 bridgehead atoms. The molecule has 0 unspecified atom stereocenters. The Balaban J connectivity index is 0.000000687. The summed E-state index contributed by atoms with van der Waals surface area (Å²) in [7, 11) is 0. The number of H-pyrrole nitrogens is 1. The van der Waals surface area contributed by atoms with Crippen LogP contribution >= 0.6 is 11.3 Å². The van der Waals surface area contributed by atoms with E-state index in [1.54, 1.807) is 11.3 Å². The summed E-state index contributed by atoms with van der Waals surface area (Å²) in [6, 6.07) is 8.37. The molecule has 0 radical (unpaired) electrons. The summed E-state index contributed by atoms with van der Waals surface area (Å²) in [5.41, 5.74) is 4.12. The van der Waals surface area contributed by atoms with Gasteiger partial charge >= 0.3 is 0 Å². The minimum absolute atomic E-state index is 0.250. The van der Waals surface area contributed by atoms with Gasteiger partial charge < -0.3 is 10.0 Å². The maximum absolute atomic E-state index is 8.36. The molecule has 3 aromatic heterocycles. The van der Waals surface area contributed by atoms with Gasteiger partial charge in [-0.05, 0) is 44.4 Å². The summed E-state index contributed by atoms with van der Waals surface area (Å²) in [5, 5.41) is 16.3. The van der Waals surface area contributed by atoms with Gasteiger partial charge in [0.25, 0.3) is 6.47 Å². The summed E-state index contributed by atoms with van der Waals surface area (Å²) in [6.07, 6.45) is 4.46. The van der Waals surface area contributed by atoms with Crippen molar-refractivity contribution in [2.45, 2.75) is 26.7 Å². The van der Waals surface area contributed by atoms with E-state index in [0.717, 1.165) is 51.1 Å². The number of anilines is 1. The van der Waals surface area contributed by atoms with Crippen LogP contribution in [0, 0.1) is 13.8 Å². The van der Waals surface area contributed by atoms with Gasteiger partial charge in [0.05, 0.1) is 16.1 Å². The summed E-state index contributed by atoms with van der Waals surface area (Å²) >= 11 is 1.73. The summed E-state index contributed by atoms with van der Waals surface area (Å²) in [4.78, 5) is 25.8. The monoisotopic (exact) mass is 422 g/mol. The molecule has 0 aliphatic carbocycles. The Kier molecular flexibility index (Phi) is 5.71. The van der Waals surface area contributed by atoms with E-state index >= 15 is 0 Å². The topological polar surface area (TPSA) is 108 Å². The number of rotatable bonds is 3. The normalized spacial score (nSPS) is 13.3. The van der Waals surface area contributed by atoms with Crippen LogP contribution in [0.2, 0.25) is 0 Å².